The number of amides is 2. The number of hydrogen-bond acceptors (Lipinski definition) is 2. The molecule has 5 heteroatoms. The standard InChI is InChI=1S/C22H27FN2OS/c1-14(2)18-9-6-10-19(15(3)4)20(18)24-22(26)25-11-12-27-21(25)16-7-5-8-17(23)13-16/h5-10,13-15,21H,11-12H2,1-4H3,(H,24,26). The number of para-hydroxylation sites is 1. The van der Waals surface area contributed by atoms with Gasteiger partial charge in [0.15, 0.2) is 0 Å². The van der Waals surface area contributed by atoms with Crippen LogP contribution in [0.2, 0.25) is 0 Å². The van der Waals surface area contributed by atoms with E-state index >= 15 is 0 Å². The topological polar surface area (TPSA) is 32.3 Å². The Hall–Kier alpha value is -2.01. The highest BCUT2D eigenvalue weighted by atomic mass is 32.2. The summed E-state index contributed by atoms with van der Waals surface area (Å²) in [5.74, 6) is 1.20. The van der Waals surface area contributed by atoms with Crippen LogP contribution in [0, 0.1) is 5.82 Å². The fraction of sp³-hybridized carbons (Fsp3) is 0.409. The molecular weight excluding hydrogens is 359 g/mol. The van der Waals surface area contributed by atoms with Crippen LogP contribution in [-0.4, -0.2) is 23.2 Å². The second-order valence-electron chi connectivity index (χ2n) is 7.52. The molecule has 1 atom stereocenters. The molecular formula is C22H27FN2OS. The van der Waals surface area contributed by atoms with Crippen molar-refractivity contribution in [2.75, 3.05) is 17.6 Å². The number of nitrogens with zero attached hydrogens (tertiary/aromatic N) is 1. The number of anilines is 1. The Morgan fingerprint density at radius 3 is 2.33 bits per heavy atom. The van der Waals surface area contributed by atoms with Crippen molar-refractivity contribution < 1.29 is 9.18 Å². The fourth-order valence-electron chi connectivity index (χ4n) is 3.49. The number of nitrogens with one attached hydrogen (secondary N) is 1. The molecule has 2 amide bonds. The monoisotopic (exact) mass is 386 g/mol. The maximum Gasteiger partial charge on any atom is 0.323 e. The first-order valence-electron chi connectivity index (χ1n) is 9.46. The largest absolute Gasteiger partial charge is 0.323 e. The molecule has 0 saturated carbocycles. The summed E-state index contributed by atoms with van der Waals surface area (Å²) in [6.45, 7) is 9.19. The van der Waals surface area contributed by atoms with Crippen LogP contribution >= 0.6 is 11.8 Å². The predicted octanol–water partition coefficient (Wildman–Crippen LogP) is 6.35. The lowest BCUT2D eigenvalue weighted by Gasteiger charge is -2.27. The molecule has 0 spiro atoms. The first-order chi connectivity index (χ1) is 12.9. The van der Waals surface area contributed by atoms with Crippen LogP contribution in [0.3, 0.4) is 0 Å². The maximum atomic E-state index is 13.7. The van der Waals surface area contributed by atoms with Gasteiger partial charge in [-0.1, -0.05) is 58.0 Å². The third-order valence-corrected chi connectivity index (χ3v) is 6.15. The van der Waals surface area contributed by atoms with Gasteiger partial charge < -0.3 is 10.2 Å². The highest BCUT2D eigenvalue weighted by Gasteiger charge is 2.31. The van der Waals surface area contributed by atoms with Gasteiger partial charge in [-0.3, -0.25) is 0 Å². The summed E-state index contributed by atoms with van der Waals surface area (Å²) in [4.78, 5) is 14.9. The van der Waals surface area contributed by atoms with Crippen molar-refractivity contribution in [3.05, 3.63) is 65.0 Å². The van der Waals surface area contributed by atoms with Gasteiger partial charge in [0.2, 0.25) is 0 Å². The Kier molecular flexibility index (Phi) is 6.10. The van der Waals surface area contributed by atoms with Gasteiger partial charge in [0, 0.05) is 18.0 Å². The maximum absolute atomic E-state index is 13.7. The molecule has 0 aliphatic carbocycles. The van der Waals surface area contributed by atoms with Crippen molar-refractivity contribution >= 4 is 23.5 Å². The van der Waals surface area contributed by atoms with Gasteiger partial charge in [-0.05, 0) is 40.7 Å². The summed E-state index contributed by atoms with van der Waals surface area (Å²) in [6.07, 6.45) is 0. The minimum absolute atomic E-state index is 0.121. The molecule has 1 saturated heterocycles. The van der Waals surface area contributed by atoms with Crippen molar-refractivity contribution in [3.8, 4) is 0 Å². The lowest BCUT2D eigenvalue weighted by atomic mass is 9.93. The zero-order valence-corrected chi connectivity index (χ0v) is 17.1. The summed E-state index contributed by atoms with van der Waals surface area (Å²) in [5, 5.41) is 3.02. The van der Waals surface area contributed by atoms with Crippen molar-refractivity contribution in [1.29, 1.82) is 0 Å². The second-order valence-corrected chi connectivity index (χ2v) is 8.71. The van der Waals surface area contributed by atoms with E-state index in [1.165, 1.54) is 12.1 Å². The molecule has 3 nitrogen and oxygen atoms in total. The van der Waals surface area contributed by atoms with Crippen LogP contribution in [0.1, 0.15) is 61.6 Å². The Labute approximate surface area is 165 Å². The van der Waals surface area contributed by atoms with E-state index in [1.54, 1.807) is 22.7 Å². The molecule has 0 radical (unpaired) electrons. The Bertz CT molecular complexity index is 795. The van der Waals surface area contributed by atoms with Crippen LogP contribution in [0.15, 0.2) is 42.5 Å². The summed E-state index contributed by atoms with van der Waals surface area (Å²) in [7, 11) is 0. The van der Waals surface area contributed by atoms with Crippen LogP contribution in [-0.2, 0) is 0 Å². The minimum Gasteiger partial charge on any atom is -0.308 e. The summed E-state index contributed by atoms with van der Waals surface area (Å²) in [6, 6.07) is 12.6. The quantitative estimate of drug-likeness (QED) is 0.664. The number of thioether (sulfide) groups is 1. The van der Waals surface area contributed by atoms with E-state index < -0.39 is 0 Å². The third kappa shape index (κ3) is 4.29. The number of hydrogen-bond donors (Lipinski definition) is 1. The molecule has 2 aromatic carbocycles. The van der Waals surface area contributed by atoms with Gasteiger partial charge in [-0.2, -0.15) is 0 Å². The molecule has 1 unspecified atom stereocenters. The van der Waals surface area contributed by atoms with Crippen LogP contribution in [0.5, 0.6) is 0 Å². The molecule has 0 bridgehead atoms. The lowest BCUT2D eigenvalue weighted by molar-refractivity contribution is 0.214. The Balaban J connectivity index is 1.89. The Morgan fingerprint density at radius 1 is 1.11 bits per heavy atom. The summed E-state index contributed by atoms with van der Waals surface area (Å²) in [5.41, 5.74) is 4.03. The van der Waals surface area contributed by atoms with E-state index in [-0.39, 0.29) is 17.2 Å². The SMILES string of the molecule is CC(C)c1cccc(C(C)C)c1NC(=O)N1CCSC1c1cccc(F)c1. The molecule has 0 aromatic heterocycles. The lowest BCUT2D eigenvalue weighted by Crippen LogP contribution is -2.35. The number of urea groups is 1. The van der Waals surface area contributed by atoms with Crippen molar-refractivity contribution in [1.82, 2.24) is 4.90 Å². The molecule has 2 aromatic rings. The second kappa shape index (κ2) is 8.34. The van der Waals surface area contributed by atoms with Gasteiger partial charge in [0.05, 0.1) is 0 Å². The summed E-state index contributed by atoms with van der Waals surface area (Å²) >= 11 is 1.67. The molecule has 1 heterocycles. The van der Waals surface area contributed by atoms with Gasteiger partial charge in [0.1, 0.15) is 11.2 Å². The summed E-state index contributed by atoms with van der Waals surface area (Å²) < 4.78 is 13.7. The molecule has 1 N–H and O–H groups in total. The van der Waals surface area contributed by atoms with Gasteiger partial charge in [0.25, 0.3) is 0 Å². The Morgan fingerprint density at radius 2 is 1.74 bits per heavy atom. The number of halogens is 1. The van der Waals surface area contributed by atoms with Crippen molar-refractivity contribution in [2.45, 2.75) is 44.9 Å². The number of rotatable bonds is 4. The first kappa shape index (κ1) is 19.7. The average Bonchev–Trinajstić information content (AvgIpc) is 3.11. The van der Waals surface area contributed by atoms with Crippen molar-refractivity contribution in [3.63, 3.8) is 0 Å². The normalized spacial score (nSPS) is 17.0. The van der Waals surface area contributed by atoms with Crippen LogP contribution in [0.4, 0.5) is 14.9 Å². The van der Waals surface area contributed by atoms with E-state index in [4.69, 9.17) is 0 Å². The molecule has 1 aliphatic rings. The average molecular weight is 387 g/mol. The predicted molar refractivity (Wildman–Crippen MR) is 112 cm³/mol. The molecule has 1 aliphatic heterocycles. The third-order valence-electron chi connectivity index (χ3n) is 4.89. The minimum atomic E-state index is -0.271. The zero-order valence-electron chi connectivity index (χ0n) is 16.3. The molecule has 27 heavy (non-hydrogen) atoms. The molecule has 3 rings (SSSR count). The van der Waals surface area contributed by atoms with Crippen LogP contribution in [0.25, 0.3) is 0 Å². The van der Waals surface area contributed by atoms with E-state index in [0.717, 1.165) is 28.1 Å². The fourth-order valence-corrected chi connectivity index (χ4v) is 4.73. The number of benzene rings is 2. The molecule has 1 fully saturated rings. The van der Waals surface area contributed by atoms with E-state index in [1.807, 2.05) is 6.07 Å². The molecule has 144 valence electrons. The van der Waals surface area contributed by atoms with Crippen LogP contribution < -0.4 is 5.32 Å². The highest BCUT2D eigenvalue weighted by molar-refractivity contribution is 7.99. The van der Waals surface area contributed by atoms with E-state index in [9.17, 15) is 9.18 Å². The van der Waals surface area contributed by atoms with E-state index in [0.29, 0.717) is 18.4 Å². The van der Waals surface area contributed by atoms with Crippen molar-refractivity contribution in [2.24, 2.45) is 0 Å². The zero-order chi connectivity index (χ0) is 19.6. The van der Waals surface area contributed by atoms with Gasteiger partial charge >= 0.3 is 6.03 Å². The number of carbonyl (C=O) groups is 1. The number of carbonyl (C=O) groups excluding carboxylic acids is 1. The highest BCUT2D eigenvalue weighted by Crippen LogP contribution is 2.39. The smallest absolute Gasteiger partial charge is 0.308 e. The van der Waals surface area contributed by atoms with E-state index in [2.05, 4.69) is 51.2 Å². The van der Waals surface area contributed by atoms with Gasteiger partial charge in [-0.25, -0.2) is 9.18 Å². The first-order valence-corrected chi connectivity index (χ1v) is 10.5. The van der Waals surface area contributed by atoms with Gasteiger partial charge in [-0.15, -0.1) is 11.8 Å².